The van der Waals surface area contributed by atoms with Crippen molar-refractivity contribution < 1.29 is 5.11 Å². The second-order valence-corrected chi connectivity index (χ2v) is 7.40. The Kier molecular flexibility index (Phi) is 5.10. The largest absolute Gasteiger partial charge is 0.506 e. The molecule has 2 aromatic heterocycles. The Morgan fingerprint density at radius 1 is 1.00 bits per heavy atom. The van der Waals surface area contributed by atoms with Crippen LogP contribution in [0, 0.1) is 6.92 Å². The van der Waals surface area contributed by atoms with Crippen molar-refractivity contribution >= 4 is 22.3 Å². The lowest BCUT2D eigenvalue weighted by Gasteiger charge is -2.13. The van der Waals surface area contributed by atoms with Crippen LogP contribution in [0.4, 0.5) is 5.69 Å². The molecule has 0 saturated heterocycles. The van der Waals surface area contributed by atoms with E-state index in [1.807, 2.05) is 49.4 Å². The van der Waals surface area contributed by atoms with Gasteiger partial charge in [-0.25, -0.2) is 9.67 Å². The topological polar surface area (TPSA) is 81.5 Å². The van der Waals surface area contributed by atoms with Gasteiger partial charge in [-0.3, -0.25) is 14.3 Å². The van der Waals surface area contributed by atoms with Gasteiger partial charge in [-0.15, -0.1) is 0 Å². The van der Waals surface area contributed by atoms with Crippen molar-refractivity contribution in [3.05, 3.63) is 86.6 Å². The van der Waals surface area contributed by atoms with E-state index in [1.165, 1.54) is 4.68 Å². The van der Waals surface area contributed by atoms with Crippen LogP contribution in [0.15, 0.2) is 69.2 Å². The van der Waals surface area contributed by atoms with Gasteiger partial charge in [0, 0.05) is 19.0 Å². The number of aliphatic imine (C=N–C) groups is 1. The monoisotopic (exact) mass is 416 g/mol. The zero-order valence-electron chi connectivity index (χ0n) is 18.0. The molecule has 7 heteroatoms. The summed E-state index contributed by atoms with van der Waals surface area (Å²) in [6.07, 6.45) is 0. The van der Waals surface area contributed by atoms with Crippen LogP contribution < -0.4 is 11.1 Å². The maximum atomic E-state index is 13.2. The Morgan fingerprint density at radius 2 is 1.65 bits per heavy atom. The van der Waals surface area contributed by atoms with Gasteiger partial charge in [0.1, 0.15) is 11.3 Å². The van der Waals surface area contributed by atoms with Gasteiger partial charge < -0.3 is 9.67 Å². The maximum Gasteiger partial charge on any atom is 0.297 e. The van der Waals surface area contributed by atoms with Crippen molar-refractivity contribution in [2.45, 2.75) is 27.3 Å². The molecule has 0 atom stereocenters. The number of benzene rings is 2. The molecule has 2 heterocycles. The molecule has 0 radical (unpaired) electrons. The standard InChI is InChI=1S/C24H24N4O3/c1-5-27-19-14-10-9-13-18(19)22(29)20(23(27)30)15(2)25-21-16(3)26(4)28(24(21)31)17-11-7-6-8-12-17/h6-14,29H,5H2,1-4H3. The van der Waals surface area contributed by atoms with E-state index in [2.05, 4.69) is 4.99 Å². The third-order valence-electron chi connectivity index (χ3n) is 5.63. The fraction of sp³-hybridized carbons (Fsp3) is 0.208. The van der Waals surface area contributed by atoms with Gasteiger partial charge >= 0.3 is 0 Å². The second kappa shape index (κ2) is 7.75. The van der Waals surface area contributed by atoms with E-state index in [0.717, 1.165) is 5.69 Å². The molecule has 0 aliphatic heterocycles. The van der Waals surface area contributed by atoms with Gasteiger partial charge in [-0.05, 0) is 45.0 Å². The molecule has 0 unspecified atom stereocenters. The zero-order valence-corrected chi connectivity index (χ0v) is 18.0. The number of rotatable bonds is 4. The van der Waals surface area contributed by atoms with E-state index in [9.17, 15) is 14.7 Å². The minimum absolute atomic E-state index is 0.106. The minimum atomic E-state index is -0.336. The third kappa shape index (κ3) is 3.18. The summed E-state index contributed by atoms with van der Waals surface area (Å²) in [5.74, 6) is -0.122. The predicted octanol–water partition coefficient (Wildman–Crippen LogP) is 3.67. The maximum absolute atomic E-state index is 13.2. The van der Waals surface area contributed by atoms with Crippen molar-refractivity contribution in [2.24, 2.45) is 12.0 Å². The Hall–Kier alpha value is -3.87. The number of pyridine rings is 1. The lowest BCUT2D eigenvalue weighted by atomic mass is 10.1. The quantitative estimate of drug-likeness (QED) is 0.516. The molecular weight excluding hydrogens is 392 g/mol. The first kappa shape index (κ1) is 20.4. The van der Waals surface area contributed by atoms with Crippen molar-refractivity contribution in [3.63, 3.8) is 0 Å². The average molecular weight is 416 g/mol. The summed E-state index contributed by atoms with van der Waals surface area (Å²) < 4.78 is 4.86. The first-order valence-corrected chi connectivity index (χ1v) is 10.1. The molecule has 0 bridgehead atoms. The Labute approximate surface area is 179 Å². The van der Waals surface area contributed by atoms with Crippen LogP contribution in [0.25, 0.3) is 16.6 Å². The van der Waals surface area contributed by atoms with Crippen LogP contribution in [-0.4, -0.2) is 24.7 Å². The van der Waals surface area contributed by atoms with Gasteiger partial charge in [0.15, 0.2) is 5.69 Å². The summed E-state index contributed by atoms with van der Waals surface area (Å²) in [6.45, 7) is 5.77. The molecule has 31 heavy (non-hydrogen) atoms. The van der Waals surface area contributed by atoms with E-state index in [1.54, 1.807) is 42.3 Å². The van der Waals surface area contributed by atoms with Crippen LogP contribution in [0.2, 0.25) is 0 Å². The highest BCUT2D eigenvalue weighted by Gasteiger charge is 2.20. The first-order chi connectivity index (χ1) is 14.9. The Balaban J connectivity index is 1.96. The summed E-state index contributed by atoms with van der Waals surface area (Å²) in [7, 11) is 1.79. The molecule has 0 fully saturated rings. The number of para-hydroxylation sites is 2. The molecular formula is C24H24N4O3. The van der Waals surface area contributed by atoms with Gasteiger partial charge in [0.25, 0.3) is 11.1 Å². The van der Waals surface area contributed by atoms with E-state index in [4.69, 9.17) is 0 Å². The number of aromatic nitrogens is 3. The number of nitrogens with zero attached hydrogens (tertiary/aromatic N) is 4. The molecule has 0 aliphatic carbocycles. The van der Waals surface area contributed by atoms with Crippen LogP contribution in [-0.2, 0) is 13.6 Å². The molecule has 4 rings (SSSR count). The van der Waals surface area contributed by atoms with E-state index in [-0.39, 0.29) is 28.1 Å². The Bertz CT molecular complexity index is 1440. The third-order valence-corrected chi connectivity index (χ3v) is 5.63. The molecule has 0 aliphatic rings. The summed E-state index contributed by atoms with van der Waals surface area (Å²) >= 11 is 0. The Morgan fingerprint density at radius 3 is 2.32 bits per heavy atom. The number of hydrogen-bond donors (Lipinski definition) is 1. The number of aryl methyl sites for hydroxylation is 1. The van der Waals surface area contributed by atoms with Crippen molar-refractivity contribution in [1.82, 2.24) is 13.9 Å². The van der Waals surface area contributed by atoms with Gasteiger partial charge in [0.05, 0.1) is 22.6 Å². The van der Waals surface area contributed by atoms with Crippen molar-refractivity contribution in [2.75, 3.05) is 0 Å². The smallest absolute Gasteiger partial charge is 0.297 e. The summed E-state index contributed by atoms with van der Waals surface area (Å²) in [6, 6.07) is 16.5. The minimum Gasteiger partial charge on any atom is -0.506 e. The average Bonchev–Trinajstić information content (AvgIpc) is 2.98. The summed E-state index contributed by atoms with van der Waals surface area (Å²) in [4.78, 5) is 30.9. The molecule has 1 N–H and O–H groups in total. The molecule has 0 saturated carbocycles. The molecule has 4 aromatic rings. The molecule has 158 valence electrons. The fourth-order valence-corrected chi connectivity index (χ4v) is 3.94. The van der Waals surface area contributed by atoms with Gasteiger partial charge in [-0.2, -0.15) is 0 Å². The molecule has 0 amide bonds. The van der Waals surface area contributed by atoms with Crippen LogP contribution in [0.1, 0.15) is 25.1 Å². The SMILES string of the molecule is CCn1c(=O)c(C(C)=Nc2c(C)n(C)n(-c3ccccc3)c2=O)c(O)c2ccccc21. The fourth-order valence-electron chi connectivity index (χ4n) is 3.94. The van der Waals surface area contributed by atoms with Crippen molar-refractivity contribution in [1.29, 1.82) is 0 Å². The van der Waals surface area contributed by atoms with Crippen LogP contribution in [0.5, 0.6) is 5.75 Å². The molecule has 0 spiro atoms. The lowest BCUT2D eigenvalue weighted by Crippen LogP contribution is -2.26. The molecule has 7 nitrogen and oxygen atoms in total. The number of fused-ring (bicyclic) bond motifs is 1. The highest BCUT2D eigenvalue weighted by molar-refractivity contribution is 6.06. The van der Waals surface area contributed by atoms with Gasteiger partial charge in [-0.1, -0.05) is 30.3 Å². The van der Waals surface area contributed by atoms with Gasteiger partial charge in [0.2, 0.25) is 0 Å². The van der Waals surface area contributed by atoms with E-state index >= 15 is 0 Å². The van der Waals surface area contributed by atoms with Crippen LogP contribution in [0.3, 0.4) is 0 Å². The normalized spacial score (nSPS) is 11.9. The first-order valence-electron chi connectivity index (χ1n) is 10.1. The summed E-state index contributed by atoms with van der Waals surface area (Å²) in [5, 5.41) is 11.5. The highest BCUT2D eigenvalue weighted by atomic mass is 16.3. The number of aromatic hydroxyl groups is 1. The lowest BCUT2D eigenvalue weighted by molar-refractivity contribution is 0.477. The number of hydrogen-bond acceptors (Lipinski definition) is 4. The highest BCUT2D eigenvalue weighted by Crippen LogP contribution is 2.28. The predicted molar refractivity (Wildman–Crippen MR) is 123 cm³/mol. The van der Waals surface area contributed by atoms with Crippen molar-refractivity contribution in [3.8, 4) is 11.4 Å². The molecule has 2 aromatic carbocycles. The zero-order chi connectivity index (χ0) is 22.3. The second-order valence-electron chi connectivity index (χ2n) is 7.40. The van der Waals surface area contributed by atoms with Crippen LogP contribution >= 0.6 is 0 Å². The van der Waals surface area contributed by atoms with E-state index in [0.29, 0.717) is 28.9 Å². The summed E-state index contributed by atoms with van der Waals surface area (Å²) in [5.41, 5.74) is 2.04. The van der Waals surface area contributed by atoms with E-state index < -0.39 is 0 Å².